The average molecular weight is 375 g/mol. The van der Waals surface area contributed by atoms with Gasteiger partial charge in [-0.3, -0.25) is 4.79 Å². The van der Waals surface area contributed by atoms with Gasteiger partial charge in [0.2, 0.25) is 5.91 Å². The molecule has 0 aromatic heterocycles. The van der Waals surface area contributed by atoms with E-state index in [9.17, 15) is 9.59 Å². The zero-order valence-corrected chi connectivity index (χ0v) is 15.5. The van der Waals surface area contributed by atoms with Gasteiger partial charge in [0.25, 0.3) is 0 Å². The van der Waals surface area contributed by atoms with Gasteiger partial charge in [0.1, 0.15) is 0 Å². The number of anilines is 1. The number of hydrogen-bond donors (Lipinski definition) is 2. The SMILES string of the molecule is CCOC(=O)c1ccccc1NCCC(=O)NCCc1cccc(Cl)c1. The Balaban J connectivity index is 1.74. The topological polar surface area (TPSA) is 67.4 Å². The Labute approximate surface area is 158 Å². The number of para-hydroxylation sites is 1. The Morgan fingerprint density at radius 3 is 2.65 bits per heavy atom. The Hall–Kier alpha value is -2.53. The van der Waals surface area contributed by atoms with Crippen LogP contribution < -0.4 is 10.6 Å². The fourth-order valence-corrected chi connectivity index (χ4v) is 2.67. The fraction of sp³-hybridized carbons (Fsp3) is 0.300. The van der Waals surface area contributed by atoms with Crippen LogP contribution >= 0.6 is 11.6 Å². The van der Waals surface area contributed by atoms with Crippen LogP contribution in [0.25, 0.3) is 0 Å². The highest BCUT2D eigenvalue weighted by atomic mass is 35.5. The number of benzene rings is 2. The quantitative estimate of drug-likeness (QED) is 0.657. The molecule has 1 amide bonds. The summed E-state index contributed by atoms with van der Waals surface area (Å²) in [5, 5.41) is 6.69. The lowest BCUT2D eigenvalue weighted by Crippen LogP contribution is -2.27. The van der Waals surface area contributed by atoms with E-state index in [0.29, 0.717) is 42.4 Å². The summed E-state index contributed by atoms with van der Waals surface area (Å²) in [5.74, 6) is -0.422. The van der Waals surface area contributed by atoms with Gasteiger partial charge in [-0.2, -0.15) is 0 Å². The maximum atomic E-state index is 11.9. The summed E-state index contributed by atoms with van der Waals surface area (Å²) < 4.78 is 5.03. The highest BCUT2D eigenvalue weighted by Crippen LogP contribution is 2.16. The van der Waals surface area contributed by atoms with Crippen LogP contribution in [0.5, 0.6) is 0 Å². The molecule has 0 unspecified atom stereocenters. The summed E-state index contributed by atoms with van der Waals surface area (Å²) in [6.45, 7) is 3.07. The Bertz CT molecular complexity index is 749. The summed E-state index contributed by atoms with van der Waals surface area (Å²) in [6.07, 6.45) is 1.04. The molecule has 0 fully saturated rings. The molecule has 26 heavy (non-hydrogen) atoms. The third-order valence-corrected chi connectivity index (χ3v) is 3.95. The van der Waals surface area contributed by atoms with Crippen molar-refractivity contribution in [2.45, 2.75) is 19.8 Å². The average Bonchev–Trinajstić information content (AvgIpc) is 2.62. The first-order valence-electron chi connectivity index (χ1n) is 8.61. The largest absolute Gasteiger partial charge is 0.462 e. The number of carbonyl (C=O) groups excluding carboxylic acids is 2. The number of amides is 1. The van der Waals surface area contributed by atoms with E-state index in [4.69, 9.17) is 16.3 Å². The molecule has 2 N–H and O–H groups in total. The molecule has 0 radical (unpaired) electrons. The molecule has 2 aromatic carbocycles. The maximum absolute atomic E-state index is 11.9. The van der Waals surface area contributed by atoms with Crippen LogP contribution in [0.4, 0.5) is 5.69 Å². The number of nitrogens with one attached hydrogen (secondary N) is 2. The van der Waals surface area contributed by atoms with Gasteiger partial charge >= 0.3 is 5.97 Å². The summed E-state index contributed by atoms with van der Waals surface area (Å²) in [5.41, 5.74) is 2.22. The van der Waals surface area contributed by atoms with E-state index in [1.165, 1.54) is 0 Å². The molecule has 5 nitrogen and oxygen atoms in total. The molecular formula is C20H23ClN2O3. The van der Waals surface area contributed by atoms with Gasteiger partial charge in [-0.15, -0.1) is 0 Å². The first-order valence-corrected chi connectivity index (χ1v) is 8.99. The monoisotopic (exact) mass is 374 g/mol. The number of halogens is 1. The van der Waals surface area contributed by atoms with Crippen LogP contribution in [0.1, 0.15) is 29.3 Å². The Morgan fingerprint density at radius 1 is 1.08 bits per heavy atom. The van der Waals surface area contributed by atoms with Crippen LogP contribution in [-0.2, 0) is 16.0 Å². The van der Waals surface area contributed by atoms with Gasteiger partial charge in [-0.25, -0.2) is 4.79 Å². The molecule has 0 atom stereocenters. The summed E-state index contributed by atoms with van der Waals surface area (Å²) in [7, 11) is 0. The minimum absolute atomic E-state index is 0.0480. The normalized spacial score (nSPS) is 10.2. The third kappa shape index (κ3) is 6.41. The first kappa shape index (κ1) is 19.8. The molecule has 0 heterocycles. The van der Waals surface area contributed by atoms with Crippen LogP contribution in [0.15, 0.2) is 48.5 Å². The van der Waals surface area contributed by atoms with E-state index in [-0.39, 0.29) is 11.9 Å². The summed E-state index contributed by atoms with van der Waals surface area (Å²) in [6, 6.07) is 14.7. The van der Waals surface area contributed by atoms with Crippen molar-refractivity contribution < 1.29 is 14.3 Å². The lowest BCUT2D eigenvalue weighted by atomic mass is 10.1. The highest BCUT2D eigenvalue weighted by molar-refractivity contribution is 6.30. The van der Waals surface area contributed by atoms with E-state index in [1.807, 2.05) is 30.3 Å². The van der Waals surface area contributed by atoms with E-state index < -0.39 is 0 Å². The van der Waals surface area contributed by atoms with Crippen molar-refractivity contribution in [2.75, 3.05) is 25.0 Å². The van der Waals surface area contributed by atoms with Gasteiger partial charge < -0.3 is 15.4 Å². The van der Waals surface area contributed by atoms with Gasteiger partial charge in [-0.05, 0) is 43.2 Å². The zero-order valence-electron chi connectivity index (χ0n) is 14.8. The molecule has 138 valence electrons. The van der Waals surface area contributed by atoms with E-state index in [1.54, 1.807) is 25.1 Å². The fourth-order valence-electron chi connectivity index (χ4n) is 2.46. The number of rotatable bonds is 9. The maximum Gasteiger partial charge on any atom is 0.340 e. The molecule has 0 saturated carbocycles. The second kappa shape index (κ2) is 10.5. The summed E-state index contributed by atoms with van der Waals surface area (Å²) >= 11 is 5.94. The van der Waals surface area contributed by atoms with Crippen molar-refractivity contribution in [1.29, 1.82) is 0 Å². The molecular weight excluding hydrogens is 352 g/mol. The van der Waals surface area contributed by atoms with Crippen LogP contribution in [0.3, 0.4) is 0 Å². The standard InChI is InChI=1S/C20H23ClN2O3/c1-2-26-20(25)17-8-3-4-9-18(17)22-13-11-19(24)23-12-10-15-6-5-7-16(21)14-15/h3-9,14,22H,2,10-13H2,1H3,(H,23,24). The minimum Gasteiger partial charge on any atom is -0.462 e. The molecule has 6 heteroatoms. The van der Waals surface area contributed by atoms with Crippen molar-refractivity contribution >= 4 is 29.2 Å². The smallest absolute Gasteiger partial charge is 0.340 e. The first-order chi connectivity index (χ1) is 12.6. The van der Waals surface area contributed by atoms with Crippen LogP contribution in [0.2, 0.25) is 5.02 Å². The Morgan fingerprint density at radius 2 is 1.88 bits per heavy atom. The lowest BCUT2D eigenvalue weighted by molar-refractivity contribution is -0.120. The summed E-state index contributed by atoms with van der Waals surface area (Å²) in [4.78, 5) is 23.9. The molecule has 2 aromatic rings. The van der Waals surface area contributed by atoms with Crippen molar-refractivity contribution in [3.05, 3.63) is 64.7 Å². The van der Waals surface area contributed by atoms with Crippen LogP contribution in [-0.4, -0.2) is 31.6 Å². The number of hydrogen-bond acceptors (Lipinski definition) is 4. The second-order valence-corrected chi connectivity index (χ2v) is 6.11. The Kier molecular flexibility index (Phi) is 7.96. The van der Waals surface area contributed by atoms with Gasteiger partial charge in [0.15, 0.2) is 0 Å². The third-order valence-electron chi connectivity index (χ3n) is 3.71. The second-order valence-electron chi connectivity index (χ2n) is 5.67. The number of ether oxygens (including phenoxy) is 1. The van der Waals surface area contributed by atoms with E-state index in [2.05, 4.69) is 10.6 Å². The molecule has 0 aliphatic carbocycles. The van der Waals surface area contributed by atoms with Crippen molar-refractivity contribution in [3.8, 4) is 0 Å². The number of esters is 1. The van der Waals surface area contributed by atoms with Gasteiger partial charge in [0, 0.05) is 30.2 Å². The predicted molar refractivity (Wildman–Crippen MR) is 104 cm³/mol. The van der Waals surface area contributed by atoms with Crippen molar-refractivity contribution in [2.24, 2.45) is 0 Å². The molecule has 0 aliphatic heterocycles. The molecule has 0 bridgehead atoms. The molecule has 0 spiro atoms. The minimum atomic E-state index is -0.374. The van der Waals surface area contributed by atoms with E-state index in [0.717, 1.165) is 12.0 Å². The number of carbonyl (C=O) groups is 2. The predicted octanol–water partition coefficient (Wildman–Crippen LogP) is 3.68. The van der Waals surface area contributed by atoms with E-state index >= 15 is 0 Å². The van der Waals surface area contributed by atoms with Gasteiger partial charge in [0.05, 0.1) is 12.2 Å². The lowest BCUT2D eigenvalue weighted by Gasteiger charge is -2.11. The van der Waals surface area contributed by atoms with Crippen molar-refractivity contribution in [1.82, 2.24) is 5.32 Å². The molecule has 2 rings (SSSR count). The van der Waals surface area contributed by atoms with Crippen molar-refractivity contribution in [3.63, 3.8) is 0 Å². The molecule has 0 aliphatic rings. The molecule has 0 saturated heterocycles. The van der Waals surface area contributed by atoms with Crippen LogP contribution in [0, 0.1) is 0 Å². The highest BCUT2D eigenvalue weighted by Gasteiger charge is 2.11. The van der Waals surface area contributed by atoms with Gasteiger partial charge in [-0.1, -0.05) is 35.9 Å². The zero-order chi connectivity index (χ0) is 18.8.